The Labute approximate surface area is 129 Å². The quantitative estimate of drug-likeness (QED) is 0.670. The van der Waals surface area contributed by atoms with Gasteiger partial charge in [-0.15, -0.1) is 11.3 Å². The topological polar surface area (TPSA) is 78.8 Å². The Hall–Kier alpha value is -2.18. The molecule has 0 aliphatic rings. The van der Waals surface area contributed by atoms with Gasteiger partial charge in [0.25, 0.3) is 5.91 Å². The van der Waals surface area contributed by atoms with E-state index in [4.69, 9.17) is 16.7 Å². The Balaban J connectivity index is 2.07. The average molecular weight is 323 g/mol. The second kappa shape index (κ2) is 6.51. The average Bonchev–Trinajstić information content (AvgIpc) is 2.95. The van der Waals surface area contributed by atoms with Crippen LogP contribution in [0.25, 0.3) is 0 Å². The summed E-state index contributed by atoms with van der Waals surface area (Å²) in [6, 6.07) is 9.58. The van der Waals surface area contributed by atoms with Gasteiger partial charge >= 0.3 is 5.97 Å². The number of carbonyl (C=O) groups is 2. The normalized spacial score (nSPS) is 11.2. The van der Waals surface area contributed by atoms with Gasteiger partial charge < -0.3 is 5.11 Å². The van der Waals surface area contributed by atoms with E-state index in [1.807, 2.05) is 0 Å². The number of rotatable bonds is 4. The molecule has 0 aliphatic heterocycles. The zero-order valence-corrected chi connectivity index (χ0v) is 12.5. The number of carboxylic acid groups (broad SMARTS) is 1. The van der Waals surface area contributed by atoms with Crippen LogP contribution in [0.4, 0.5) is 0 Å². The molecule has 2 N–H and O–H groups in total. The van der Waals surface area contributed by atoms with Crippen molar-refractivity contribution in [3.8, 4) is 0 Å². The van der Waals surface area contributed by atoms with Crippen LogP contribution in [0, 0.1) is 0 Å². The van der Waals surface area contributed by atoms with Gasteiger partial charge in [-0.3, -0.25) is 4.79 Å². The smallest absolute Gasteiger partial charge is 0.345 e. The lowest BCUT2D eigenvalue weighted by Gasteiger charge is -2.01. The minimum Gasteiger partial charge on any atom is -0.477 e. The van der Waals surface area contributed by atoms with E-state index in [1.54, 1.807) is 37.3 Å². The first-order chi connectivity index (χ1) is 9.97. The van der Waals surface area contributed by atoms with E-state index in [-0.39, 0.29) is 10.8 Å². The highest BCUT2D eigenvalue weighted by Crippen LogP contribution is 2.17. The maximum Gasteiger partial charge on any atom is 0.345 e. The molecule has 0 spiro atoms. The van der Waals surface area contributed by atoms with Crippen molar-refractivity contribution >= 4 is 40.5 Å². The van der Waals surface area contributed by atoms with Gasteiger partial charge in [0.1, 0.15) is 4.88 Å². The fourth-order valence-corrected chi connectivity index (χ4v) is 2.42. The summed E-state index contributed by atoms with van der Waals surface area (Å²) in [6.07, 6.45) is 0. The number of nitrogens with zero attached hydrogens (tertiary/aromatic N) is 1. The minimum atomic E-state index is -0.982. The highest BCUT2D eigenvalue weighted by Gasteiger charge is 2.09. The number of carbonyl (C=O) groups excluding carboxylic acids is 1. The SMILES string of the molecule is C/C(=N/NC(=O)c1ccc(Cl)cc1)c1ccc(C(=O)O)s1. The van der Waals surface area contributed by atoms with Crippen LogP contribution < -0.4 is 5.43 Å². The Morgan fingerprint density at radius 3 is 2.33 bits per heavy atom. The number of carboxylic acids is 1. The van der Waals surface area contributed by atoms with Crippen LogP contribution in [0.15, 0.2) is 41.5 Å². The molecule has 0 atom stereocenters. The van der Waals surface area contributed by atoms with Crippen LogP contribution in [0.1, 0.15) is 31.8 Å². The van der Waals surface area contributed by atoms with E-state index < -0.39 is 5.97 Å². The molecule has 0 saturated heterocycles. The van der Waals surface area contributed by atoms with Crippen molar-refractivity contribution in [3.05, 3.63) is 56.7 Å². The van der Waals surface area contributed by atoms with Crippen LogP contribution in [0.3, 0.4) is 0 Å². The van der Waals surface area contributed by atoms with Crippen LogP contribution in [0.2, 0.25) is 5.02 Å². The van der Waals surface area contributed by atoms with Gasteiger partial charge in [0.05, 0.1) is 10.6 Å². The number of halogens is 1. The second-order valence-electron chi connectivity index (χ2n) is 4.11. The summed E-state index contributed by atoms with van der Waals surface area (Å²) in [5.41, 5.74) is 3.40. The summed E-state index contributed by atoms with van der Waals surface area (Å²) >= 11 is 6.85. The number of thiophene rings is 1. The first kappa shape index (κ1) is 15.2. The lowest BCUT2D eigenvalue weighted by molar-refractivity contribution is 0.0702. The number of aromatic carboxylic acids is 1. The lowest BCUT2D eigenvalue weighted by atomic mass is 10.2. The molecule has 0 fully saturated rings. The Morgan fingerprint density at radius 1 is 1.14 bits per heavy atom. The Kier molecular flexibility index (Phi) is 4.72. The third kappa shape index (κ3) is 3.90. The fourth-order valence-electron chi connectivity index (χ4n) is 1.50. The molecule has 7 heteroatoms. The van der Waals surface area contributed by atoms with Crippen molar-refractivity contribution in [2.24, 2.45) is 5.10 Å². The molecule has 5 nitrogen and oxygen atoms in total. The van der Waals surface area contributed by atoms with Crippen molar-refractivity contribution in [1.82, 2.24) is 5.43 Å². The van der Waals surface area contributed by atoms with Crippen molar-refractivity contribution < 1.29 is 14.7 Å². The molecule has 108 valence electrons. The van der Waals surface area contributed by atoms with Crippen LogP contribution >= 0.6 is 22.9 Å². The summed E-state index contributed by atoms with van der Waals surface area (Å²) in [5.74, 6) is -1.34. The van der Waals surface area contributed by atoms with Crippen LogP contribution in [0.5, 0.6) is 0 Å². The lowest BCUT2D eigenvalue weighted by Crippen LogP contribution is -2.18. The van der Waals surface area contributed by atoms with E-state index in [2.05, 4.69) is 10.5 Å². The van der Waals surface area contributed by atoms with E-state index in [9.17, 15) is 9.59 Å². The van der Waals surface area contributed by atoms with Crippen molar-refractivity contribution in [1.29, 1.82) is 0 Å². The molecule has 2 aromatic rings. The van der Waals surface area contributed by atoms with Crippen LogP contribution in [-0.2, 0) is 0 Å². The zero-order chi connectivity index (χ0) is 15.4. The third-order valence-corrected chi connectivity index (χ3v) is 4.04. The predicted molar refractivity (Wildman–Crippen MR) is 82.4 cm³/mol. The van der Waals surface area contributed by atoms with E-state index in [0.29, 0.717) is 21.2 Å². The van der Waals surface area contributed by atoms with Gasteiger partial charge in [-0.2, -0.15) is 5.10 Å². The number of hydrazone groups is 1. The van der Waals surface area contributed by atoms with Crippen molar-refractivity contribution in [2.75, 3.05) is 0 Å². The molecule has 21 heavy (non-hydrogen) atoms. The molecule has 0 unspecified atom stereocenters. The molecule has 1 heterocycles. The first-order valence-corrected chi connectivity index (χ1v) is 7.10. The van der Waals surface area contributed by atoms with E-state index >= 15 is 0 Å². The number of hydrogen-bond donors (Lipinski definition) is 2. The van der Waals surface area contributed by atoms with E-state index in [0.717, 1.165) is 11.3 Å². The molecule has 0 bridgehead atoms. The standard InChI is InChI=1S/C14H11ClN2O3S/c1-8(11-6-7-12(21-11)14(19)20)16-17-13(18)9-2-4-10(15)5-3-9/h2-7H,1H3,(H,17,18)(H,19,20)/b16-8-. The van der Waals surface area contributed by atoms with Gasteiger partial charge in [-0.1, -0.05) is 11.6 Å². The largest absolute Gasteiger partial charge is 0.477 e. The molecule has 0 saturated carbocycles. The first-order valence-electron chi connectivity index (χ1n) is 5.91. The van der Waals surface area contributed by atoms with Gasteiger partial charge in [0, 0.05) is 10.6 Å². The molecule has 0 aliphatic carbocycles. The number of amides is 1. The maximum absolute atomic E-state index is 11.9. The fraction of sp³-hybridized carbons (Fsp3) is 0.0714. The monoisotopic (exact) mass is 322 g/mol. The number of benzene rings is 1. The van der Waals surface area contributed by atoms with E-state index in [1.165, 1.54) is 6.07 Å². The molecule has 1 aromatic heterocycles. The summed E-state index contributed by atoms with van der Waals surface area (Å²) in [7, 11) is 0. The molecular formula is C14H11ClN2O3S. The summed E-state index contributed by atoms with van der Waals surface area (Å²) < 4.78 is 0. The van der Waals surface area contributed by atoms with Gasteiger partial charge in [0.2, 0.25) is 0 Å². The maximum atomic E-state index is 11.9. The van der Waals surface area contributed by atoms with Gasteiger partial charge in [-0.05, 0) is 43.3 Å². The summed E-state index contributed by atoms with van der Waals surface area (Å²) in [6.45, 7) is 1.69. The highest BCUT2D eigenvalue weighted by atomic mass is 35.5. The van der Waals surface area contributed by atoms with Crippen molar-refractivity contribution in [2.45, 2.75) is 6.92 Å². The zero-order valence-electron chi connectivity index (χ0n) is 11.0. The van der Waals surface area contributed by atoms with Crippen molar-refractivity contribution in [3.63, 3.8) is 0 Å². The summed E-state index contributed by atoms with van der Waals surface area (Å²) in [4.78, 5) is 23.6. The molecule has 0 radical (unpaired) electrons. The van der Waals surface area contributed by atoms with Gasteiger partial charge in [0.15, 0.2) is 0 Å². The third-order valence-electron chi connectivity index (χ3n) is 2.60. The predicted octanol–water partition coefficient (Wildman–Crippen LogP) is 3.25. The minimum absolute atomic E-state index is 0.226. The molecule has 2 rings (SSSR count). The molecular weight excluding hydrogens is 312 g/mol. The Bertz CT molecular complexity index is 707. The van der Waals surface area contributed by atoms with Crippen LogP contribution in [-0.4, -0.2) is 22.7 Å². The highest BCUT2D eigenvalue weighted by molar-refractivity contribution is 7.15. The molecule has 1 amide bonds. The number of hydrogen-bond acceptors (Lipinski definition) is 4. The second-order valence-corrected chi connectivity index (χ2v) is 5.63. The number of nitrogens with one attached hydrogen (secondary N) is 1. The summed E-state index contributed by atoms with van der Waals surface area (Å²) in [5, 5.41) is 13.4. The molecule has 1 aromatic carbocycles. The Morgan fingerprint density at radius 2 is 1.76 bits per heavy atom. The van der Waals surface area contributed by atoms with Gasteiger partial charge in [-0.25, -0.2) is 10.2 Å².